The smallest absolute Gasteiger partial charge is 0.259 e. The average Bonchev–Trinajstić information content (AvgIpc) is 2.66. The normalized spacial score (nSPS) is 16.4. The number of anilines is 1. The Morgan fingerprint density at radius 2 is 1.96 bits per heavy atom. The molecule has 0 aliphatic carbocycles. The van der Waals surface area contributed by atoms with E-state index >= 15 is 0 Å². The number of halogens is 1. The van der Waals surface area contributed by atoms with Crippen molar-refractivity contribution in [2.24, 2.45) is 5.10 Å². The molecule has 2 aromatic rings. The molecule has 27 heavy (non-hydrogen) atoms. The molecule has 0 saturated heterocycles. The summed E-state index contributed by atoms with van der Waals surface area (Å²) in [6.45, 7) is -0.0303. The number of hydrazone groups is 1. The minimum absolute atomic E-state index is 0.0273. The van der Waals surface area contributed by atoms with Crippen molar-refractivity contribution in [3.05, 3.63) is 53.8 Å². The van der Waals surface area contributed by atoms with Gasteiger partial charge >= 0.3 is 0 Å². The molecule has 0 radical (unpaired) electrons. The Morgan fingerprint density at radius 3 is 2.67 bits per heavy atom. The van der Waals surface area contributed by atoms with Gasteiger partial charge in [-0.2, -0.15) is 5.10 Å². The fourth-order valence-corrected chi connectivity index (χ4v) is 4.12. The van der Waals surface area contributed by atoms with E-state index in [2.05, 4.69) is 15.8 Å². The fourth-order valence-electron chi connectivity index (χ4n) is 2.65. The van der Waals surface area contributed by atoms with Gasteiger partial charge in [-0.05, 0) is 42.5 Å². The lowest BCUT2D eigenvalue weighted by Crippen LogP contribution is -2.29. The summed E-state index contributed by atoms with van der Waals surface area (Å²) >= 11 is 0. The highest BCUT2D eigenvalue weighted by Crippen LogP contribution is 2.26. The maximum absolute atomic E-state index is 13.5. The van der Waals surface area contributed by atoms with E-state index in [9.17, 15) is 17.6 Å². The lowest BCUT2D eigenvalue weighted by molar-refractivity contribution is -0.119. The molecule has 0 atom stereocenters. The quantitative estimate of drug-likeness (QED) is 0.600. The number of nitrogens with zero attached hydrogens (tertiary/aromatic N) is 1. The number of ether oxygens (including phenoxy) is 1. The summed E-state index contributed by atoms with van der Waals surface area (Å²) in [5.41, 5.74) is 3.62. The van der Waals surface area contributed by atoms with Crippen LogP contribution >= 0.6 is 0 Å². The van der Waals surface area contributed by atoms with Gasteiger partial charge in [0.1, 0.15) is 11.6 Å². The van der Waals surface area contributed by atoms with Gasteiger partial charge in [-0.15, -0.1) is 0 Å². The van der Waals surface area contributed by atoms with Gasteiger partial charge in [-0.25, -0.2) is 18.2 Å². The van der Waals surface area contributed by atoms with Crippen LogP contribution in [0.2, 0.25) is 0 Å². The number of benzene rings is 2. The maximum Gasteiger partial charge on any atom is 0.259 e. The van der Waals surface area contributed by atoms with Gasteiger partial charge in [0, 0.05) is 17.7 Å². The van der Waals surface area contributed by atoms with E-state index in [1.54, 1.807) is 31.4 Å². The lowest BCUT2D eigenvalue weighted by Gasteiger charge is -2.18. The summed E-state index contributed by atoms with van der Waals surface area (Å²) < 4.78 is 42.8. The van der Waals surface area contributed by atoms with Crippen molar-refractivity contribution >= 4 is 27.1 Å². The zero-order valence-electron chi connectivity index (χ0n) is 14.5. The van der Waals surface area contributed by atoms with E-state index in [1.165, 1.54) is 6.07 Å². The summed E-state index contributed by atoms with van der Waals surface area (Å²) in [6.07, 6.45) is 0.102. The van der Waals surface area contributed by atoms with Crippen LogP contribution in [0.1, 0.15) is 12.0 Å². The van der Waals surface area contributed by atoms with Gasteiger partial charge in [0.25, 0.3) is 5.91 Å². The number of nitrogens with one attached hydrogen (secondary N) is 2. The zero-order valence-corrected chi connectivity index (χ0v) is 15.3. The molecule has 0 saturated carbocycles. The summed E-state index contributed by atoms with van der Waals surface area (Å²) in [7, 11) is -1.90. The number of carbonyl (C=O) groups is 1. The van der Waals surface area contributed by atoms with Gasteiger partial charge < -0.3 is 10.1 Å². The van der Waals surface area contributed by atoms with Crippen molar-refractivity contribution in [3.63, 3.8) is 0 Å². The van der Waals surface area contributed by atoms with Gasteiger partial charge in [0.2, 0.25) is 0 Å². The second kappa shape index (κ2) is 7.75. The lowest BCUT2D eigenvalue weighted by atomic mass is 10.1. The Hall–Kier alpha value is -2.94. The molecule has 1 aliphatic rings. The van der Waals surface area contributed by atoms with E-state index in [0.29, 0.717) is 11.5 Å². The Balaban J connectivity index is 1.67. The van der Waals surface area contributed by atoms with E-state index in [4.69, 9.17) is 4.74 Å². The maximum atomic E-state index is 13.5. The third kappa shape index (κ3) is 4.43. The number of hydrogen-bond donors (Lipinski definition) is 2. The van der Waals surface area contributed by atoms with Crippen LogP contribution in [0.5, 0.6) is 5.75 Å². The number of carbonyl (C=O) groups excluding carboxylic acids is 1. The standard InChI is InChI=1S/C18H18FN3O4S/c1-26-14-5-3-13(4-6-14)20-11-18(23)22-21-16-8-9-27(24,25)17-7-2-12(19)10-15(16)17/h2-7,10,20H,8-9,11H2,1H3,(H,22,23)/b21-16+. The van der Waals surface area contributed by atoms with Gasteiger partial charge in [-0.3, -0.25) is 4.79 Å². The number of fused-ring (bicyclic) bond motifs is 1. The number of methoxy groups -OCH3 is 1. The molecule has 9 heteroatoms. The van der Waals surface area contributed by atoms with Crippen molar-refractivity contribution in [3.8, 4) is 5.75 Å². The molecule has 0 spiro atoms. The van der Waals surface area contributed by atoms with E-state index in [0.717, 1.165) is 17.8 Å². The molecular formula is C18H18FN3O4S. The predicted octanol–water partition coefficient (Wildman–Crippen LogP) is 1.94. The Morgan fingerprint density at radius 1 is 1.22 bits per heavy atom. The van der Waals surface area contributed by atoms with Crippen LogP contribution < -0.4 is 15.5 Å². The number of amides is 1. The number of rotatable bonds is 5. The summed E-state index contributed by atoms with van der Waals surface area (Å²) in [6, 6.07) is 10.5. The number of sulfone groups is 1. The van der Waals surface area contributed by atoms with Crippen molar-refractivity contribution in [2.75, 3.05) is 24.7 Å². The monoisotopic (exact) mass is 391 g/mol. The van der Waals surface area contributed by atoms with E-state index in [1.807, 2.05) is 0 Å². The first kappa shape index (κ1) is 18.8. The third-order valence-corrected chi connectivity index (χ3v) is 5.82. The fraction of sp³-hybridized carbons (Fsp3) is 0.222. The average molecular weight is 391 g/mol. The molecule has 0 aromatic heterocycles. The highest BCUT2D eigenvalue weighted by molar-refractivity contribution is 7.91. The zero-order chi connectivity index (χ0) is 19.4. The van der Waals surface area contributed by atoms with E-state index < -0.39 is 21.6 Å². The van der Waals surface area contributed by atoms with Crippen LogP contribution in [0.3, 0.4) is 0 Å². The van der Waals surface area contributed by atoms with E-state index in [-0.39, 0.29) is 29.2 Å². The van der Waals surface area contributed by atoms with Gasteiger partial charge in [-0.1, -0.05) is 0 Å². The minimum atomic E-state index is -3.47. The second-order valence-corrected chi connectivity index (χ2v) is 7.96. The third-order valence-electron chi connectivity index (χ3n) is 4.05. The highest BCUT2D eigenvalue weighted by atomic mass is 32.2. The summed E-state index contributed by atoms with van der Waals surface area (Å²) in [5.74, 6) is -0.407. The largest absolute Gasteiger partial charge is 0.497 e. The molecule has 1 aliphatic heterocycles. The van der Waals surface area contributed by atoms with Crippen LogP contribution in [-0.2, 0) is 14.6 Å². The highest BCUT2D eigenvalue weighted by Gasteiger charge is 2.28. The van der Waals surface area contributed by atoms with Crippen LogP contribution in [0.15, 0.2) is 52.5 Å². The Labute approximate surface area is 156 Å². The van der Waals surface area contributed by atoms with Crippen LogP contribution in [0, 0.1) is 5.82 Å². The molecule has 7 nitrogen and oxygen atoms in total. The molecule has 3 rings (SSSR count). The number of hydrogen-bond acceptors (Lipinski definition) is 6. The molecule has 1 amide bonds. The van der Waals surface area contributed by atoms with Crippen molar-refractivity contribution in [2.45, 2.75) is 11.3 Å². The van der Waals surface area contributed by atoms with Crippen LogP contribution in [0.4, 0.5) is 10.1 Å². The molecular weight excluding hydrogens is 373 g/mol. The van der Waals surface area contributed by atoms with Crippen molar-refractivity contribution in [1.29, 1.82) is 0 Å². The van der Waals surface area contributed by atoms with Gasteiger partial charge in [0.15, 0.2) is 9.84 Å². The van der Waals surface area contributed by atoms with Crippen molar-refractivity contribution in [1.82, 2.24) is 5.43 Å². The van der Waals surface area contributed by atoms with Crippen LogP contribution in [-0.4, -0.2) is 39.4 Å². The molecule has 0 unspecified atom stereocenters. The summed E-state index contributed by atoms with van der Waals surface area (Å²) in [4.78, 5) is 12.0. The SMILES string of the molecule is COc1ccc(NCC(=O)N/N=C2\CCS(=O)(=O)c3ccc(F)cc32)cc1. The first-order valence-corrected chi connectivity index (χ1v) is 9.80. The van der Waals surface area contributed by atoms with Crippen molar-refractivity contribution < 1.29 is 22.3 Å². The molecule has 0 bridgehead atoms. The van der Waals surface area contributed by atoms with Gasteiger partial charge in [0.05, 0.1) is 30.0 Å². The molecule has 142 valence electrons. The predicted molar refractivity (Wildman–Crippen MR) is 99.2 cm³/mol. The first-order valence-electron chi connectivity index (χ1n) is 8.15. The molecule has 1 heterocycles. The summed E-state index contributed by atoms with van der Waals surface area (Å²) in [5, 5.41) is 6.93. The Bertz CT molecular complexity index is 988. The second-order valence-electron chi connectivity index (χ2n) is 5.88. The molecule has 0 fully saturated rings. The topological polar surface area (TPSA) is 96.9 Å². The van der Waals surface area contributed by atoms with Crippen LogP contribution in [0.25, 0.3) is 0 Å². The first-order chi connectivity index (χ1) is 12.9. The minimum Gasteiger partial charge on any atom is -0.497 e. The molecule has 2 aromatic carbocycles. The Kier molecular flexibility index (Phi) is 5.41. The molecule has 2 N–H and O–H groups in total.